The molecule has 0 spiro atoms. The van der Waals surface area contributed by atoms with E-state index in [1.54, 1.807) is 0 Å². The number of rotatable bonds is 3. The van der Waals surface area contributed by atoms with Gasteiger partial charge in [0.25, 0.3) is 5.43 Å². The van der Waals surface area contributed by atoms with Crippen molar-refractivity contribution in [2.75, 3.05) is 0 Å². The first-order chi connectivity index (χ1) is 5.95. The fourth-order valence-electron chi connectivity index (χ4n) is 0.923. The van der Waals surface area contributed by atoms with Crippen molar-refractivity contribution in [3.05, 3.63) is 26.0 Å². The van der Waals surface area contributed by atoms with Gasteiger partial charge in [-0.25, -0.2) is 0 Å². The van der Waals surface area contributed by atoms with Crippen molar-refractivity contribution in [2.45, 2.75) is 12.5 Å². The van der Waals surface area contributed by atoms with E-state index in [2.05, 4.69) is 0 Å². The number of hydrogen-bond donors (Lipinski definition) is 3. The first kappa shape index (κ1) is 9.40. The van der Waals surface area contributed by atoms with Crippen LogP contribution < -0.4 is 16.6 Å². The van der Waals surface area contributed by atoms with Crippen molar-refractivity contribution in [1.29, 1.82) is 0 Å². The second-order valence-electron chi connectivity index (χ2n) is 2.63. The summed E-state index contributed by atoms with van der Waals surface area (Å²) in [6.45, 7) is 0. The average molecular weight is 185 g/mol. The van der Waals surface area contributed by atoms with E-state index in [1.807, 2.05) is 0 Å². The molecule has 6 nitrogen and oxygen atoms in total. The molecule has 1 rings (SSSR count). The Morgan fingerprint density at radius 1 is 1.38 bits per heavy atom. The molecule has 0 aliphatic carbocycles. The predicted molar refractivity (Wildman–Crippen MR) is 42.3 cm³/mol. The van der Waals surface area contributed by atoms with E-state index in [4.69, 9.17) is 15.9 Å². The highest BCUT2D eigenvalue weighted by Gasteiger charge is 2.24. The lowest BCUT2D eigenvalue weighted by Crippen LogP contribution is -2.40. The lowest BCUT2D eigenvalue weighted by Gasteiger charge is -2.08. The van der Waals surface area contributed by atoms with Gasteiger partial charge in [0.15, 0.2) is 5.75 Å². The summed E-state index contributed by atoms with van der Waals surface area (Å²) in [6, 6.07) is -1.27. The molecule has 1 aromatic carbocycles. The number of aliphatic carboxylic acids is 1. The Bertz CT molecular complexity index is 414. The maximum absolute atomic E-state index is 10.7. The zero-order valence-corrected chi connectivity index (χ0v) is 6.48. The largest absolute Gasteiger partial charge is 0.504 e. The Balaban J connectivity index is 2.84. The van der Waals surface area contributed by atoms with Crippen LogP contribution in [-0.4, -0.2) is 22.2 Å². The fourth-order valence-corrected chi connectivity index (χ4v) is 0.923. The summed E-state index contributed by atoms with van der Waals surface area (Å²) >= 11 is 0. The molecular weight excluding hydrogens is 178 g/mol. The molecule has 0 heterocycles. The van der Waals surface area contributed by atoms with Crippen LogP contribution in [0.1, 0.15) is 5.56 Å². The van der Waals surface area contributed by atoms with Crippen molar-refractivity contribution in [1.82, 2.24) is 0 Å². The van der Waals surface area contributed by atoms with Crippen molar-refractivity contribution in [3.63, 3.8) is 0 Å². The van der Waals surface area contributed by atoms with Crippen molar-refractivity contribution < 1.29 is 15.0 Å². The molecule has 0 bridgehead atoms. The molecule has 0 saturated carbocycles. The number of carboxylic acids is 1. The number of hydrogen-bond acceptors (Lipinski definition) is 5. The van der Waals surface area contributed by atoms with E-state index in [0.717, 1.165) is 0 Å². The molecule has 6 heteroatoms. The van der Waals surface area contributed by atoms with Gasteiger partial charge in [-0.1, -0.05) is 0 Å². The number of carbonyl (C=O) groups is 1. The highest BCUT2D eigenvalue weighted by Crippen LogP contribution is 2.09. The molecule has 0 aromatic heterocycles. The molecule has 1 unspecified atom stereocenters. The topological polar surface area (TPSA) is 118 Å². The van der Waals surface area contributed by atoms with Gasteiger partial charge in [-0.3, -0.25) is 14.4 Å². The molecule has 1 atom stereocenters. The van der Waals surface area contributed by atoms with Crippen LogP contribution in [-0.2, 0) is 11.2 Å². The summed E-state index contributed by atoms with van der Waals surface area (Å²) in [5, 5.41) is 17.2. The molecular formula is C7H7NO5. The predicted octanol–water partition coefficient (Wildman–Crippen LogP) is -2.06. The number of carboxylic acid groups (broad SMARTS) is 1. The third-order valence-electron chi connectivity index (χ3n) is 1.72. The molecule has 0 aliphatic rings. The van der Waals surface area contributed by atoms with Gasteiger partial charge in [-0.05, 0) is 0 Å². The third kappa shape index (κ3) is 1.43. The second-order valence-corrected chi connectivity index (χ2v) is 2.63. The number of aromatic hydroxyl groups is 1. The monoisotopic (exact) mass is 185 g/mol. The van der Waals surface area contributed by atoms with Crippen LogP contribution in [0.5, 0.6) is 5.75 Å². The van der Waals surface area contributed by atoms with Gasteiger partial charge in [0.2, 0.25) is 5.43 Å². The molecule has 0 saturated heterocycles. The van der Waals surface area contributed by atoms with Crippen LogP contribution in [0.25, 0.3) is 0 Å². The SMILES string of the molecule is NC(Cc1c(O)c(=O)c1=O)C(=O)O. The zero-order chi connectivity index (χ0) is 10.2. The van der Waals surface area contributed by atoms with Gasteiger partial charge in [0.05, 0.1) is 5.56 Å². The number of nitrogens with two attached hydrogens (primary N) is 1. The maximum atomic E-state index is 10.7. The molecule has 0 fully saturated rings. The summed E-state index contributed by atoms with van der Waals surface area (Å²) in [7, 11) is 0. The van der Waals surface area contributed by atoms with E-state index in [1.165, 1.54) is 0 Å². The van der Waals surface area contributed by atoms with E-state index in [9.17, 15) is 14.4 Å². The average Bonchev–Trinajstić information content (AvgIpc) is 2.11. The molecule has 13 heavy (non-hydrogen) atoms. The van der Waals surface area contributed by atoms with Crippen LogP contribution in [0.3, 0.4) is 0 Å². The van der Waals surface area contributed by atoms with E-state index in [-0.39, 0.29) is 12.0 Å². The fraction of sp³-hybridized carbons (Fsp3) is 0.286. The quantitative estimate of drug-likeness (QED) is 0.466. The molecule has 1 aromatic rings. The minimum atomic E-state index is -1.28. The normalized spacial score (nSPS) is 13.0. The van der Waals surface area contributed by atoms with Crippen LogP contribution in [0.15, 0.2) is 9.59 Å². The summed E-state index contributed by atoms with van der Waals surface area (Å²) in [4.78, 5) is 31.4. The van der Waals surface area contributed by atoms with E-state index in [0.29, 0.717) is 0 Å². The molecule has 0 aliphatic heterocycles. The van der Waals surface area contributed by atoms with Crippen molar-refractivity contribution >= 4 is 5.97 Å². The Kier molecular flexibility index (Phi) is 2.16. The summed E-state index contributed by atoms with van der Waals surface area (Å²) in [6.07, 6.45) is -0.314. The first-order valence-corrected chi connectivity index (χ1v) is 3.44. The lowest BCUT2D eigenvalue weighted by atomic mass is 10.0. The highest BCUT2D eigenvalue weighted by molar-refractivity contribution is 5.73. The van der Waals surface area contributed by atoms with Crippen LogP contribution in [0, 0.1) is 0 Å². The summed E-state index contributed by atoms with van der Waals surface area (Å²) in [5.74, 6) is -1.95. The molecule has 4 N–H and O–H groups in total. The summed E-state index contributed by atoms with van der Waals surface area (Å²) < 4.78 is 0. The zero-order valence-electron chi connectivity index (χ0n) is 6.48. The van der Waals surface area contributed by atoms with E-state index >= 15 is 0 Å². The Morgan fingerprint density at radius 3 is 2.31 bits per heavy atom. The van der Waals surface area contributed by atoms with Crippen molar-refractivity contribution in [2.24, 2.45) is 5.73 Å². The molecule has 70 valence electrons. The van der Waals surface area contributed by atoms with Gasteiger partial charge >= 0.3 is 5.97 Å². The highest BCUT2D eigenvalue weighted by atomic mass is 16.4. The Morgan fingerprint density at radius 2 is 1.92 bits per heavy atom. The third-order valence-corrected chi connectivity index (χ3v) is 1.72. The van der Waals surface area contributed by atoms with Gasteiger partial charge in [-0.2, -0.15) is 0 Å². The van der Waals surface area contributed by atoms with Gasteiger partial charge in [0.1, 0.15) is 6.04 Å². The van der Waals surface area contributed by atoms with Gasteiger partial charge in [-0.15, -0.1) is 0 Å². The maximum Gasteiger partial charge on any atom is 0.320 e. The van der Waals surface area contributed by atoms with E-state index < -0.39 is 28.6 Å². The minimum absolute atomic E-state index is 0.195. The smallest absolute Gasteiger partial charge is 0.320 e. The van der Waals surface area contributed by atoms with Crippen molar-refractivity contribution in [3.8, 4) is 5.75 Å². The standard InChI is InChI=1S/C7H7NO5/c8-3(7(12)13)1-2-4(9)6(11)5(2)10/h3,9H,1,8H2,(H,12,13). The summed E-state index contributed by atoms with van der Waals surface area (Å²) in [5.41, 5.74) is 3.06. The minimum Gasteiger partial charge on any atom is -0.504 e. The molecule has 0 radical (unpaired) electrons. The Hall–Kier alpha value is -1.69. The molecule has 0 amide bonds. The van der Waals surface area contributed by atoms with Gasteiger partial charge in [0, 0.05) is 6.42 Å². The Labute approximate surface area is 71.9 Å². The van der Waals surface area contributed by atoms with Crippen LogP contribution >= 0.6 is 0 Å². The first-order valence-electron chi connectivity index (χ1n) is 3.44. The van der Waals surface area contributed by atoms with Crippen LogP contribution in [0.2, 0.25) is 0 Å². The van der Waals surface area contributed by atoms with Crippen LogP contribution in [0.4, 0.5) is 0 Å². The van der Waals surface area contributed by atoms with Gasteiger partial charge < -0.3 is 15.9 Å². The second kappa shape index (κ2) is 2.98. The lowest BCUT2D eigenvalue weighted by molar-refractivity contribution is -0.138.